The monoisotopic (exact) mass is 393 g/mol. The Morgan fingerprint density at radius 2 is 2.00 bits per heavy atom. The first kappa shape index (κ1) is 19.0. The number of ether oxygens (including phenoxy) is 2. The lowest BCUT2D eigenvalue weighted by molar-refractivity contribution is 0.175. The highest BCUT2D eigenvalue weighted by atomic mass is 35.5. The molecule has 0 N–H and O–H groups in total. The third-order valence-electron chi connectivity index (χ3n) is 4.44. The molecule has 0 amide bonds. The summed E-state index contributed by atoms with van der Waals surface area (Å²) >= 11 is 12.4. The molecule has 0 aliphatic carbocycles. The molecule has 0 aliphatic rings. The van der Waals surface area contributed by atoms with Crippen molar-refractivity contribution in [3.8, 4) is 17.3 Å². The van der Waals surface area contributed by atoms with E-state index in [0.29, 0.717) is 28.4 Å². The largest absolute Gasteiger partial charge is 0.468 e. The van der Waals surface area contributed by atoms with E-state index in [1.807, 2.05) is 12.1 Å². The first-order valence-corrected chi connectivity index (χ1v) is 9.21. The molecule has 0 fully saturated rings. The van der Waals surface area contributed by atoms with Gasteiger partial charge >= 0.3 is 0 Å². The maximum atomic E-state index is 6.40. The topological polar surface area (TPSA) is 49.2 Å². The molecule has 0 aliphatic heterocycles. The van der Waals surface area contributed by atoms with E-state index >= 15 is 0 Å². The molecule has 1 aromatic carbocycles. The van der Waals surface area contributed by atoms with E-state index in [0.717, 1.165) is 29.4 Å². The molecule has 1 unspecified atom stereocenters. The lowest BCUT2D eigenvalue weighted by Gasteiger charge is -2.19. The second-order valence-corrected chi connectivity index (χ2v) is 6.81. The van der Waals surface area contributed by atoms with Crippen LogP contribution in [0, 0.1) is 0 Å². The van der Waals surface area contributed by atoms with E-state index in [-0.39, 0.29) is 6.04 Å². The van der Waals surface area contributed by atoms with Crippen LogP contribution >= 0.6 is 23.2 Å². The quantitative estimate of drug-likeness (QED) is 0.538. The number of halogens is 2. The average Bonchev–Trinajstić information content (AvgIpc) is 3.01. The van der Waals surface area contributed by atoms with Crippen LogP contribution < -0.4 is 4.74 Å². The molecule has 26 heavy (non-hydrogen) atoms. The minimum Gasteiger partial charge on any atom is -0.468 e. The van der Waals surface area contributed by atoms with Crippen molar-refractivity contribution in [3.05, 3.63) is 40.5 Å². The van der Waals surface area contributed by atoms with Gasteiger partial charge in [-0.15, -0.1) is 0 Å². The van der Waals surface area contributed by atoms with Crippen LogP contribution in [0.1, 0.15) is 25.8 Å². The van der Waals surface area contributed by atoms with Crippen LogP contribution in [0.15, 0.2) is 30.5 Å². The van der Waals surface area contributed by atoms with Crippen molar-refractivity contribution in [2.75, 3.05) is 20.8 Å². The van der Waals surface area contributed by atoms with Crippen LogP contribution in [0.25, 0.3) is 22.3 Å². The van der Waals surface area contributed by atoms with Crippen molar-refractivity contribution < 1.29 is 9.47 Å². The molecule has 5 nitrogen and oxygen atoms in total. The summed E-state index contributed by atoms with van der Waals surface area (Å²) < 4.78 is 12.9. The van der Waals surface area contributed by atoms with E-state index < -0.39 is 0 Å². The molecule has 2 heterocycles. The van der Waals surface area contributed by atoms with Gasteiger partial charge in [-0.3, -0.25) is 9.55 Å². The van der Waals surface area contributed by atoms with Crippen LogP contribution in [0.4, 0.5) is 0 Å². The molecule has 3 rings (SSSR count). The normalized spacial score (nSPS) is 12.5. The molecule has 0 spiro atoms. The zero-order valence-corrected chi connectivity index (χ0v) is 16.5. The number of hydrogen-bond acceptors (Lipinski definition) is 4. The van der Waals surface area contributed by atoms with Gasteiger partial charge in [0.1, 0.15) is 5.52 Å². The predicted molar refractivity (Wildman–Crippen MR) is 105 cm³/mol. The molecular weight excluding hydrogens is 373 g/mol. The smallest absolute Gasteiger partial charge is 0.297 e. The van der Waals surface area contributed by atoms with E-state index in [1.54, 1.807) is 32.5 Å². The fraction of sp³-hybridized carbons (Fsp3) is 0.368. The minimum atomic E-state index is 0.214. The number of aromatic nitrogens is 3. The maximum absolute atomic E-state index is 6.40. The number of hydrogen-bond donors (Lipinski definition) is 0. The SMILES string of the molecule is CCC(CCOC)n1c(OC)nc2c(-c3ccc(Cl)cc3Cl)nccc21. The Morgan fingerprint density at radius 1 is 1.19 bits per heavy atom. The van der Waals surface area contributed by atoms with Crippen LogP contribution in [0.3, 0.4) is 0 Å². The van der Waals surface area contributed by atoms with Crippen molar-refractivity contribution >= 4 is 34.2 Å². The second-order valence-electron chi connectivity index (χ2n) is 5.96. The molecule has 0 saturated heterocycles. The Balaban J connectivity index is 2.20. The number of imidazole rings is 1. The van der Waals surface area contributed by atoms with Gasteiger partial charge in [-0.25, -0.2) is 0 Å². The van der Waals surface area contributed by atoms with Gasteiger partial charge in [0.2, 0.25) is 0 Å². The Hall–Kier alpha value is -1.82. The molecule has 0 bridgehead atoms. The summed E-state index contributed by atoms with van der Waals surface area (Å²) in [4.78, 5) is 9.21. The molecule has 7 heteroatoms. The summed E-state index contributed by atoms with van der Waals surface area (Å²) in [6.07, 6.45) is 3.57. The van der Waals surface area contributed by atoms with Crippen molar-refractivity contribution in [1.82, 2.24) is 14.5 Å². The summed E-state index contributed by atoms with van der Waals surface area (Å²) in [5.74, 6) is 0. The fourth-order valence-electron chi connectivity index (χ4n) is 3.15. The third-order valence-corrected chi connectivity index (χ3v) is 4.98. The highest BCUT2D eigenvalue weighted by Gasteiger charge is 2.22. The molecule has 3 aromatic rings. The Bertz CT molecular complexity index is 911. The van der Waals surface area contributed by atoms with Gasteiger partial charge < -0.3 is 9.47 Å². The first-order valence-electron chi connectivity index (χ1n) is 8.46. The minimum absolute atomic E-state index is 0.214. The van der Waals surface area contributed by atoms with E-state index in [2.05, 4.69) is 16.5 Å². The lowest BCUT2D eigenvalue weighted by Crippen LogP contribution is -2.12. The third kappa shape index (κ3) is 3.52. The second kappa shape index (κ2) is 8.25. The number of fused-ring (bicyclic) bond motifs is 1. The summed E-state index contributed by atoms with van der Waals surface area (Å²) in [7, 11) is 3.34. The van der Waals surface area contributed by atoms with Gasteiger partial charge in [-0.2, -0.15) is 4.98 Å². The Morgan fingerprint density at radius 3 is 2.65 bits per heavy atom. The Kier molecular flexibility index (Phi) is 6.01. The number of benzene rings is 1. The summed E-state index contributed by atoms with van der Waals surface area (Å²) in [5.41, 5.74) is 3.21. The van der Waals surface area contributed by atoms with Crippen LogP contribution in [0.5, 0.6) is 6.01 Å². The summed E-state index contributed by atoms with van der Waals surface area (Å²) in [6, 6.07) is 8.09. The standard InChI is InChI=1S/C19H21Cl2N3O2/c1-4-13(8-10-25-2)24-16-7-9-22-17(18(16)23-19(24)26-3)14-6-5-12(20)11-15(14)21/h5-7,9,11,13H,4,8,10H2,1-3H3. The molecule has 1 atom stereocenters. The average molecular weight is 394 g/mol. The predicted octanol–water partition coefficient (Wildman–Crippen LogP) is 5.40. The van der Waals surface area contributed by atoms with Gasteiger partial charge in [0.15, 0.2) is 0 Å². The Labute approximate surface area is 162 Å². The van der Waals surface area contributed by atoms with Gasteiger partial charge in [0.25, 0.3) is 6.01 Å². The first-order chi connectivity index (χ1) is 12.6. The fourth-order valence-corrected chi connectivity index (χ4v) is 3.64. The molecular formula is C19H21Cl2N3O2. The van der Waals surface area contributed by atoms with Crippen molar-refractivity contribution in [3.63, 3.8) is 0 Å². The molecule has 138 valence electrons. The van der Waals surface area contributed by atoms with Crippen LogP contribution in [-0.2, 0) is 4.74 Å². The number of nitrogens with zero attached hydrogens (tertiary/aromatic N) is 3. The zero-order valence-electron chi connectivity index (χ0n) is 15.0. The van der Waals surface area contributed by atoms with Crippen molar-refractivity contribution in [2.24, 2.45) is 0 Å². The van der Waals surface area contributed by atoms with Crippen LogP contribution in [0.2, 0.25) is 10.0 Å². The molecule has 2 aromatic heterocycles. The van der Waals surface area contributed by atoms with Gasteiger partial charge in [-0.1, -0.05) is 30.1 Å². The van der Waals surface area contributed by atoms with E-state index in [4.69, 9.17) is 37.7 Å². The maximum Gasteiger partial charge on any atom is 0.297 e. The number of methoxy groups -OCH3 is 2. The van der Waals surface area contributed by atoms with E-state index in [9.17, 15) is 0 Å². The summed E-state index contributed by atoms with van der Waals surface area (Å²) in [5, 5.41) is 1.12. The summed E-state index contributed by atoms with van der Waals surface area (Å²) in [6.45, 7) is 2.81. The molecule has 0 saturated carbocycles. The highest BCUT2D eigenvalue weighted by Crippen LogP contribution is 2.36. The highest BCUT2D eigenvalue weighted by molar-refractivity contribution is 6.36. The van der Waals surface area contributed by atoms with Gasteiger partial charge in [0.05, 0.1) is 23.3 Å². The van der Waals surface area contributed by atoms with Gasteiger partial charge in [-0.05, 0) is 37.1 Å². The number of rotatable bonds is 7. The molecule has 0 radical (unpaired) electrons. The lowest BCUT2D eigenvalue weighted by atomic mass is 10.1. The van der Waals surface area contributed by atoms with Crippen molar-refractivity contribution in [1.29, 1.82) is 0 Å². The van der Waals surface area contributed by atoms with E-state index in [1.165, 1.54) is 0 Å². The van der Waals surface area contributed by atoms with Gasteiger partial charge in [0, 0.05) is 36.5 Å². The zero-order chi connectivity index (χ0) is 18.7. The van der Waals surface area contributed by atoms with Crippen molar-refractivity contribution in [2.45, 2.75) is 25.8 Å². The number of pyridine rings is 1. The van der Waals surface area contributed by atoms with Crippen LogP contribution in [-0.4, -0.2) is 35.4 Å².